The van der Waals surface area contributed by atoms with Crippen LogP contribution in [0.15, 0.2) is 24.4 Å². The zero-order chi connectivity index (χ0) is 19.2. The first-order chi connectivity index (χ1) is 13.1. The van der Waals surface area contributed by atoms with E-state index < -0.39 is 11.6 Å². The van der Waals surface area contributed by atoms with Crippen molar-refractivity contribution in [1.29, 1.82) is 0 Å². The lowest BCUT2D eigenvalue weighted by Gasteiger charge is -2.31. The summed E-state index contributed by atoms with van der Waals surface area (Å²) in [6.45, 7) is 2.57. The Morgan fingerprint density at radius 2 is 2.04 bits per heavy atom. The smallest absolute Gasteiger partial charge is 0.273 e. The van der Waals surface area contributed by atoms with Gasteiger partial charge >= 0.3 is 0 Å². The highest BCUT2D eigenvalue weighted by Gasteiger charge is 2.23. The van der Waals surface area contributed by atoms with Crippen molar-refractivity contribution in [3.63, 3.8) is 0 Å². The van der Waals surface area contributed by atoms with Gasteiger partial charge in [0.1, 0.15) is 0 Å². The van der Waals surface area contributed by atoms with Gasteiger partial charge in [-0.1, -0.05) is 11.3 Å². The molecule has 7 nitrogen and oxygen atoms in total. The molecule has 0 bridgehead atoms. The van der Waals surface area contributed by atoms with E-state index in [0.717, 1.165) is 37.6 Å². The molecule has 3 rings (SSSR count). The SMILES string of the molecule is O=C(NCCCO)c1cn(C2CCN(Cc3ccc(F)c(F)c3)CC2)nn1. The van der Waals surface area contributed by atoms with Crippen molar-refractivity contribution in [1.82, 2.24) is 25.2 Å². The van der Waals surface area contributed by atoms with Gasteiger partial charge in [-0.2, -0.15) is 0 Å². The zero-order valence-corrected chi connectivity index (χ0v) is 14.9. The largest absolute Gasteiger partial charge is 0.396 e. The van der Waals surface area contributed by atoms with Crippen molar-refractivity contribution < 1.29 is 18.7 Å². The zero-order valence-electron chi connectivity index (χ0n) is 14.9. The number of piperidine rings is 1. The van der Waals surface area contributed by atoms with E-state index in [1.807, 2.05) is 0 Å². The number of rotatable bonds is 7. The van der Waals surface area contributed by atoms with Crippen LogP contribution >= 0.6 is 0 Å². The molecule has 1 amide bonds. The summed E-state index contributed by atoms with van der Waals surface area (Å²) in [7, 11) is 0. The fraction of sp³-hybridized carbons (Fsp3) is 0.500. The fourth-order valence-electron chi connectivity index (χ4n) is 3.17. The van der Waals surface area contributed by atoms with Gasteiger partial charge in [0, 0.05) is 32.8 Å². The molecule has 1 aromatic carbocycles. The second kappa shape index (κ2) is 9.01. The van der Waals surface area contributed by atoms with E-state index in [2.05, 4.69) is 20.5 Å². The maximum atomic E-state index is 13.3. The number of nitrogens with one attached hydrogen (secondary N) is 1. The predicted molar refractivity (Wildman–Crippen MR) is 94.0 cm³/mol. The number of likely N-dealkylation sites (tertiary alicyclic amines) is 1. The summed E-state index contributed by atoms with van der Waals surface area (Å²) in [6.07, 6.45) is 3.80. The Morgan fingerprint density at radius 1 is 1.26 bits per heavy atom. The highest BCUT2D eigenvalue weighted by Crippen LogP contribution is 2.23. The summed E-state index contributed by atoms with van der Waals surface area (Å²) in [4.78, 5) is 14.1. The fourth-order valence-corrected chi connectivity index (χ4v) is 3.17. The van der Waals surface area contributed by atoms with Crippen LogP contribution < -0.4 is 5.32 Å². The van der Waals surface area contributed by atoms with Crippen LogP contribution in [0.1, 0.15) is 41.4 Å². The van der Waals surface area contributed by atoms with Crippen LogP contribution in [0.3, 0.4) is 0 Å². The minimum absolute atomic E-state index is 0.0239. The third kappa shape index (κ3) is 5.08. The summed E-state index contributed by atoms with van der Waals surface area (Å²) in [5, 5.41) is 19.4. The van der Waals surface area contributed by atoms with Crippen LogP contribution in [-0.4, -0.2) is 57.1 Å². The number of aromatic nitrogens is 3. The average molecular weight is 379 g/mol. The number of carbonyl (C=O) groups is 1. The highest BCUT2D eigenvalue weighted by atomic mass is 19.2. The van der Waals surface area contributed by atoms with Crippen molar-refractivity contribution in [3.8, 4) is 0 Å². The number of hydrogen-bond acceptors (Lipinski definition) is 5. The van der Waals surface area contributed by atoms with Gasteiger partial charge in [-0.15, -0.1) is 5.10 Å². The summed E-state index contributed by atoms with van der Waals surface area (Å²) >= 11 is 0. The van der Waals surface area contributed by atoms with Gasteiger partial charge in [-0.05, 0) is 37.0 Å². The first-order valence-corrected chi connectivity index (χ1v) is 9.04. The molecular weight excluding hydrogens is 356 g/mol. The standard InChI is InChI=1S/C18H23F2N5O2/c19-15-3-2-13(10-16(15)20)11-24-7-4-14(5-8-24)25-12-17(22-23-25)18(27)21-6-1-9-26/h2-3,10,12,14,26H,1,4-9,11H2,(H,21,27). The van der Waals surface area contributed by atoms with Crippen LogP contribution in [0.4, 0.5) is 8.78 Å². The molecule has 2 N–H and O–H groups in total. The molecule has 146 valence electrons. The normalized spacial score (nSPS) is 15.8. The molecule has 0 saturated carbocycles. The van der Waals surface area contributed by atoms with Crippen molar-refractivity contribution in [2.75, 3.05) is 26.2 Å². The van der Waals surface area contributed by atoms with Crippen LogP contribution in [0.5, 0.6) is 0 Å². The first-order valence-electron chi connectivity index (χ1n) is 9.04. The van der Waals surface area contributed by atoms with Gasteiger partial charge < -0.3 is 10.4 Å². The van der Waals surface area contributed by atoms with Gasteiger partial charge in [0.05, 0.1) is 12.2 Å². The lowest BCUT2D eigenvalue weighted by molar-refractivity contribution is 0.0946. The summed E-state index contributed by atoms with van der Waals surface area (Å²) in [5.41, 5.74) is 1.01. The van der Waals surface area contributed by atoms with Gasteiger partial charge in [-0.25, -0.2) is 13.5 Å². The minimum Gasteiger partial charge on any atom is -0.396 e. The predicted octanol–water partition coefficient (Wildman–Crippen LogP) is 1.51. The molecule has 1 saturated heterocycles. The van der Waals surface area contributed by atoms with Gasteiger partial charge in [0.15, 0.2) is 17.3 Å². The van der Waals surface area contributed by atoms with Crippen LogP contribution in [-0.2, 0) is 6.54 Å². The van der Waals surface area contributed by atoms with Crippen molar-refractivity contribution in [2.45, 2.75) is 31.8 Å². The molecule has 0 atom stereocenters. The molecule has 1 aliphatic heterocycles. The Labute approximate surface area is 156 Å². The van der Waals surface area contributed by atoms with E-state index in [4.69, 9.17) is 5.11 Å². The number of aliphatic hydroxyl groups excluding tert-OH is 1. The molecule has 0 spiro atoms. The Morgan fingerprint density at radius 3 is 2.74 bits per heavy atom. The van der Waals surface area contributed by atoms with Gasteiger partial charge in [0.2, 0.25) is 0 Å². The molecule has 0 unspecified atom stereocenters. The number of hydrogen-bond donors (Lipinski definition) is 2. The third-order valence-electron chi connectivity index (χ3n) is 4.68. The number of nitrogens with zero attached hydrogens (tertiary/aromatic N) is 4. The Hall–Kier alpha value is -2.39. The lowest BCUT2D eigenvalue weighted by Crippen LogP contribution is -2.34. The summed E-state index contributed by atoms with van der Waals surface area (Å²) in [6, 6.07) is 4.14. The van der Waals surface area contributed by atoms with Crippen molar-refractivity contribution in [2.24, 2.45) is 0 Å². The molecule has 2 aromatic rings. The van der Waals surface area contributed by atoms with E-state index in [1.165, 1.54) is 6.07 Å². The lowest BCUT2D eigenvalue weighted by atomic mass is 10.0. The number of carbonyl (C=O) groups excluding carboxylic acids is 1. The number of aliphatic hydroxyl groups is 1. The van der Waals surface area contributed by atoms with Crippen LogP contribution in [0.25, 0.3) is 0 Å². The molecule has 1 aliphatic rings. The van der Waals surface area contributed by atoms with E-state index >= 15 is 0 Å². The monoisotopic (exact) mass is 379 g/mol. The Bertz CT molecular complexity index is 775. The van der Waals surface area contributed by atoms with Gasteiger partial charge in [0.25, 0.3) is 5.91 Å². The first kappa shape index (κ1) is 19.4. The maximum absolute atomic E-state index is 13.3. The van der Waals surface area contributed by atoms with Crippen LogP contribution in [0, 0.1) is 11.6 Å². The number of benzene rings is 1. The molecule has 1 aromatic heterocycles. The van der Waals surface area contributed by atoms with E-state index in [0.29, 0.717) is 19.5 Å². The molecule has 9 heteroatoms. The Balaban J connectivity index is 1.50. The summed E-state index contributed by atoms with van der Waals surface area (Å²) < 4.78 is 28.1. The average Bonchev–Trinajstić information content (AvgIpc) is 3.16. The molecule has 1 fully saturated rings. The van der Waals surface area contributed by atoms with Gasteiger partial charge in [-0.3, -0.25) is 9.69 Å². The highest BCUT2D eigenvalue weighted by molar-refractivity contribution is 5.91. The number of halogens is 2. The van der Waals surface area contributed by atoms with Crippen LogP contribution in [0.2, 0.25) is 0 Å². The third-order valence-corrected chi connectivity index (χ3v) is 4.68. The molecule has 0 aliphatic carbocycles. The summed E-state index contributed by atoms with van der Waals surface area (Å²) in [5.74, 6) is -1.96. The minimum atomic E-state index is -0.833. The maximum Gasteiger partial charge on any atom is 0.273 e. The van der Waals surface area contributed by atoms with E-state index in [-0.39, 0.29) is 24.2 Å². The van der Waals surface area contributed by atoms with Crippen molar-refractivity contribution in [3.05, 3.63) is 47.3 Å². The second-order valence-electron chi connectivity index (χ2n) is 6.67. The number of amides is 1. The molecule has 0 radical (unpaired) electrons. The molecule has 27 heavy (non-hydrogen) atoms. The van der Waals surface area contributed by atoms with Crippen molar-refractivity contribution >= 4 is 5.91 Å². The Kier molecular flexibility index (Phi) is 6.46. The van der Waals surface area contributed by atoms with E-state index in [1.54, 1.807) is 16.9 Å². The van der Waals surface area contributed by atoms with E-state index in [9.17, 15) is 13.6 Å². The quantitative estimate of drug-likeness (QED) is 0.713. The molecular formula is C18H23F2N5O2. The topological polar surface area (TPSA) is 83.3 Å². The second-order valence-corrected chi connectivity index (χ2v) is 6.67. The molecule has 2 heterocycles.